The standard InChI is InChI=1S/C19H25NO6S/c1-18(2,16(21)22)13-9-11(8-12-6-7-20(5)27(12,24)25)10-14-15(13)26-17(23)19(14,3)4/h8-10,17,23H,6-7H2,1-5H3,(H,21,22)/b12-8+. The highest BCUT2D eigenvalue weighted by atomic mass is 32.2. The summed E-state index contributed by atoms with van der Waals surface area (Å²) < 4.78 is 31.7. The first-order chi connectivity index (χ1) is 12.3. The number of nitrogens with zero attached hydrogens (tertiary/aromatic N) is 1. The minimum Gasteiger partial charge on any atom is -0.481 e. The Labute approximate surface area is 159 Å². The Balaban J connectivity index is 2.25. The molecule has 1 atom stereocenters. The second-order valence-electron chi connectivity index (χ2n) is 8.25. The lowest BCUT2D eigenvalue weighted by Crippen LogP contribution is -2.31. The average Bonchev–Trinajstić information content (AvgIpc) is 2.94. The lowest BCUT2D eigenvalue weighted by molar-refractivity contribution is -0.142. The zero-order chi connectivity index (χ0) is 20.4. The number of aliphatic carboxylic acids is 1. The van der Waals surface area contributed by atoms with Crippen molar-refractivity contribution in [3.63, 3.8) is 0 Å². The van der Waals surface area contributed by atoms with Crippen LogP contribution in [0.5, 0.6) is 5.75 Å². The van der Waals surface area contributed by atoms with Crippen LogP contribution < -0.4 is 4.74 Å². The van der Waals surface area contributed by atoms with E-state index in [4.69, 9.17) is 4.74 Å². The Morgan fingerprint density at radius 1 is 1.37 bits per heavy atom. The Hall–Kier alpha value is -1.90. The largest absolute Gasteiger partial charge is 0.481 e. The molecule has 1 aromatic carbocycles. The van der Waals surface area contributed by atoms with Gasteiger partial charge in [-0.2, -0.15) is 0 Å². The van der Waals surface area contributed by atoms with E-state index < -0.39 is 33.1 Å². The summed E-state index contributed by atoms with van der Waals surface area (Å²) in [5.74, 6) is -0.682. The third-order valence-electron chi connectivity index (χ3n) is 5.60. The number of hydrogen-bond donors (Lipinski definition) is 2. The number of benzene rings is 1. The second-order valence-corrected chi connectivity index (χ2v) is 10.4. The van der Waals surface area contributed by atoms with Crippen molar-refractivity contribution in [2.75, 3.05) is 13.6 Å². The van der Waals surface area contributed by atoms with E-state index in [0.29, 0.717) is 40.3 Å². The van der Waals surface area contributed by atoms with Gasteiger partial charge in [0.15, 0.2) is 0 Å². The van der Waals surface area contributed by atoms with Crippen LogP contribution in [0.3, 0.4) is 0 Å². The van der Waals surface area contributed by atoms with E-state index in [1.165, 1.54) is 11.4 Å². The Bertz CT molecular complexity index is 945. The molecule has 27 heavy (non-hydrogen) atoms. The van der Waals surface area contributed by atoms with Crippen molar-refractivity contribution in [3.8, 4) is 5.75 Å². The highest BCUT2D eigenvalue weighted by Crippen LogP contribution is 2.48. The van der Waals surface area contributed by atoms with E-state index in [1.54, 1.807) is 45.9 Å². The quantitative estimate of drug-likeness (QED) is 0.812. The highest BCUT2D eigenvalue weighted by molar-refractivity contribution is 7.93. The van der Waals surface area contributed by atoms with Crippen molar-refractivity contribution in [3.05, 3.63) is 33.7 Å². The zero-order valence-electron chi connectivity index (χ0n) is 16.1. The van der Waals surface area contributed by atoms with Gasteiger partial charge >= 0.3 is 5.97 Å². The number of rotatable bonds is 3. The molecule has 7 nitrogen and oxygen atoms in total. The Kier molecular flexibility index (Phi) is 4.45. The molecule has 148 valence electrons. The molecule has 0 bridgehead atoms. The first-order valence-corrected chi connectivity index (χ1v) is 10.2. The van der Waals surface area contributed by atoms with E-state index in [0.717, 1.165) is 0 Å². The molecule has 0 aliphatic carbocycles. The summed E-state index contributed by atoms with van der Waals surface area (Å²) in [5, 5.41) is 20.0. The van der Waals surface area contributed by atoms with E-state index in [9.17, 15) is 23.4 Å². The minimum atomic E-state index is -3.48. The molecule has 2 aliphatic rings. The molecule has 0 aromatic heterocycles. The molecule has 0 saturated carbocycles. The molecule has 0 spiro atoms. The Morgan fingerprint density at radius 3 is 2.52 bits per heavy atom. The van der Waals surface area contributed by atoms with Crippen molar-refractivity contribution < 1.29 is 28.2 Å². The van der Waals surface area contributed by atoms with Gasteiger partial charge in [-0.1, -0.05) is 0 Å². The maximum Gasteiger partial charge on any atom is 0.313 e. The van der Waals surface area contributed by atoms with Gasteiger partial charge in [0.25, 0.3) is 0 Å². The van der Waals surface area contributed by atoms with Gasteiger partial charge in [0, 0.05) is 24.7 Å². The topological polar surface area (TPSA) is 104 Å². The fourth-order valence-electron chi connectivity index (χ4n) is 3.36. The summed E-state index contributed by atoms with van der Waals surface area (Å²) in [6, 6.07) is 3.41. The van der Waals surface area contributed by atoms with Gasteiger partial charge in [0.1, 0.15) is 5.75 Å². The monoisotopic (exact) mass is 395 g/mol. The van der Waals surface area contributed by atoms with Gasteiger partial charge in [0.05, 0.1) is 15.7 Å². The summed E-state index contributed by atoms with van der Waals surface area (Å²) in [4.78, 5) is 12.1. The maximum atomic E-state index is 12.4. The van der Waals surface area contributed by atoms with Crippen LogP contribution in [0.15, 0.2) is 17.0 Å². The predicted octanol–water partition coefficient (Wildman–Crippen LogP) is 2.04. The summed E-state index contributed by atoms with van der Waals surface area (Å²) in [6.07, 6.45) is 0.873. The number of carboxylic acid groups (broad SMARTS) is 1. The molecular weight excluding hydrogens is 370 g/mol. The molecule has 1 aromatic rings. The third-order valence-corrected chi connectivity index (χ3v) is 7.59. The summed E-state index contributed by atoms with van der Waals surface area (Å²) in [5.41, 5.74) is -0.370. The first kappa shape index (κ1) is 19.9. The number of aliphatic hydroxyl groups is 1. The van der Waals surface area contributed by atoms with Gasteiger partial charge in [-0.25, -0.2) is 12.7 Å². The summed E-state index contributed by atoms with van der Waals surface area (Å²) >= 11 is 0. The second kappa shape index (κ2) is 6.05. The normalized spacial score (nSPS) is 25.4. The average molecular weight is 395 g/mol. The van der Waals surface area contributed by atoms with Crippen LogP contribution in [0.1, 0.15) is 50.8 Å². The minimum absolute atomic E-state index is 0.293. The number of hydrogen-bond acceptors (Lipinski definition) is 5. The number of aliphatic hydroxyl groups excluding tert-OH is 1. The number of carboxylic acids is 1. The third kappa shape index (κ3) is 2.96. The highest BCUT2D eigenvalue weighted by Gasteiger charge is 2.45. The molecule has 1 fully saturated rings. The molecule has 3 rings (SSSR count). The zero-order valence-corrected chi connectivity index (χ0v) is 16.9. The molecule has 1 saturated heterocycles. The fraction of sp³-hybridized carbons (Fsp3) is 0.526. The van der Waals surface area contributed by atoms with Crippen molar-refractivity contribution >= 4 is 22.1 Å². The van der Waals surface area contributed by atoms with Crippen molar-refractivity contribution in [1.82, 2.24) is 4.31 Å². The van der Waals surface area contributed by atoms with Crippen LogP contribution in [0.4, 0.5) is 0 Å². The summed E-state index contributed by atoms with van der Waals surface area (Å²) in [7, 11) is -1.95. The number of sulfonamides is 1. The number of ether oxygens (including phenoxy) is 1. The molecule has 1 unspecified atom stereocenters. The molecule has 8 heteroatoms. The van der Waals surface area contributed by atoms with Crippen molar-refractivity contribution in [1.29, 1.82) is 0 Å². The van der Waals surface area contributed by atoms with Crippen LogP contribution in [0.2, 0.25) is 0 Å². The molecule has 0 radical (unpaired) electrons. The molecule has 2 N–H and O–H groups in total. The number of carbonyl (C=O) groups is 1. The van der Waals surface area contributed by atoms with Crippen LogP contribution in [-0.2, 0) is 25.6 Å². The SMILES string of the molecule is CN1CC/C(=C\c2cc(C(C)(C)C(=O)O)c3c(c2)C(C)(C)C(O)O3)S1(=O)=O. The smallest absolute Gasteiger partial charge is 0.313 e. The number of fused-ring (bicyclic) bond motifs is 1. The fourth-order valence-corrected chi connectivity index (χ4v) is 4.73. The Morgan fingerprint density at radius 2 is 2.00 bits per heavy atom. The summed E-state index contributed by atoms with van der Waals surface area (Å²) in [6.45, 7) is 7.14. The van der Waals surface area contributed by atoms with Gasteiger partial charge in [0.2, 0.25) is 16.3 Å². The molecule has 0 amide bonds. The van der Waals surface area contributed by atoms with Crippen molar-refractivity contribution in [2.45, 2.75) is 51.2 Å². The molecule has 2 heterocycles. The van der Waals surface area contributed by atoms with Gasteiger partial charge in [-0.15, -0.1) is 0 Å². The van der Waals surface area contributed by atoms with Crippen LogP contribution in [0.25, 0.3) is 6.08 Å². The van der Waals surface area contributed by atoms with E-state index in [1.807, 2.05) is 0 Å². The van der Waals surface area contributed by atoms with E-state index in [2.05, 4.69) is 0 Å². The lowest BCUT2D eigenvalue weighted by Gasteiger charge is -2.23. The lowest BCUT2D eigenvalue weighted by atomic mass is 9.78. The van der Waals surface area contributed by atoms with Crippen LogP contribution in [-0.4, -0.2) is 48.8 Å². The first-order valence-electron chi connectivity index (χ1n) is 8.73. The van der Waals surface area contributed by atoms with Gasteiger partial charge in [-0.05, 0) is 57.9 Å². The maximum absolute atomic E-state index is 12.4. The van der Waals surface area contributed by atoms with Crippen LogP contribution >= 0.6 is 0 Å². The van der Waals surface area contributed by atoms with Gasteiger partial charge in [-0.3, -0.25) is 4.79 Å². The molecule has 2 aliphatic heterocycles. The molecular formula is C19H25NO6S. The predicted molar refractivity (Wildman–Crippen MR) is 101 cm³/mol. The van der Waals surface area contributed by atoms with E-state index in [-0.39, 0.29) is 0 Å². The van der Waals surface area contributed by atoms with E-state index >= 15 is 0 Å². The van der Waals surface area contributed by atoms with Crippen LogP contribution in [0, 0.1) is 0 Å². The van der Waals surface area contributed by atoms with Gasteiger partial charge < -0.3 is 14.9 Å². The van der Waals surface area contributed by atoms with Crippen molar-refractivity contribution in [2.24, 2.45) is 0 Å².